The van der Waals surface area contributed by atoms with E-state index >= 15 is 0 Å². The number of para-hydroxylation sites is 1. The van der Waals surface area contributed by atoms with Gasteiger partial charge in [-0.15, -0.1) is 0 Å². The molecule has 80 valence electrons. The molecule has 1 heterocycles. The molecule has 0 fully saturated rings. The van der Waals surface area contributed by atoms with E-state index < -0.39 is 0 Å². The van der Waals surface area contributed by atoms with E-state index in [-0.39, 0.29) is 0 Å². The van der Waals surface area contributed by atoms with Gasteiger partial charge in [0.2, 0.25) is 0 Å². The Labute approximate surface area is 98.4 Å². The highest BCUT2D eigenvalue weighted by atomic mass is 79.9. The highest BCUT2D eigenvalue weighted by Crippen LogP contribution is 2.27. The lowest BCUT2D eigenvalue weighted by atomic mass is 10.2. The lowest BCUT2D eigenvalue weighted by molar-refractivity contribution is 0.691. The maximum atomic E-state index is 3.61. The SMILES string of the molecule is CCn1c(CNC)cc2cccc(Br)c21. The molecule has 1 aromatic carbocycles. The summed E-state index contributed by atoms with van der Waals surface area (Å²) in [4.78, 5) is 0. The maximum Gasteiger partial charge on any atom is 0.0627 e. The van der Waals surface area contributed by atoms with E-state index in [9.17, 15) is 0 Å². The van der Waals surface area contributed by atoms with Gasteiger partial charge in [-0.25, -0.2) is 0 Å². The first-order valence-electron chi connectivity index (χ1n) is 5.19. The number of aryl methyl sites for hydroxylation is 1. The van der Waals surface area contributed by atoms with Crippen LogP contribution in [0.1, 0.15) is 12.6 Å². The maximum absolute atomic E-state index is 3.61. The first kappa shape index (κ1) is 10.7. The molecule has 0 spiro atoms. The van der Waals surface area contributed by atoms with Gasteiger partial charge < -0.3 is 9.88 Å². The molecule has 15 heavy (non-hydrogen) atoms. The van der Waals surface area contributed by atoms with Crippen molar-refractivity contribution in [1.29, 1.82) is 0 Å². The van der Waals surface area contributed by atoms with Crippen LogP contribution in [-0.2, 0) is 13.1 Å². The second-order valence-corrected chi connectivity index (χ2v) is 4.44. The predicted molar refractivity (Wildman–Crippen MR) is 68.1 cm³/mol. The molecule has 0 saturated heterocycles. The summed E-state index contributed by atoms with van der Waals surface area (Å²) in [5.74, 6) is 0. The van der Waals surface area contributed by atoms with Crippen LogP contribution in [0.5, 0.6) is 0 Å². The van der Waals surface area contributed by atoms with Crippen molar-refractivity contribution in [3.05, 3.63) is 34.4 Å². The van der Waals surface area contributed by atoms with Gasteiger partial charge in [-0.05, 0) is 42.0 Å². The summed E-state index contributed by atoms with van der Waals surface area (Å²) in [6, 6.07) is 8.58. The monoisotopic (exact) mass is 266 g/mol. The third-order valence-corrected chi connectivity index (χ3v) is 3.27. The van der Waals surface area contributed by atoms with Crippen molar-refractivity contribution in [2.24, 2.45) is 0 Å². The van der Waals surface area contributed by atoms with Gasteiger partial charge in [0.25, 0.3) is 0 Å². The zero-order chi connectivity index (χ0) is 10.8. The van der Waals surface area contributed by atoms with Crippen molar-refractivity contribution in [1.82, 2.24) is 9.88 Å². The van der Waals surface area contributed by atoms with Crippen molar-refractivity contribution in [2.45, 2.75) is 20.0 Å². The number of hydrogen-bond acceptors (Lipinski definition) is 1. The molecule has 0 atom stereocenters. The first-order chi connectivity index (χ1) is 7.27. The van der Waals surface area contributed by atoms with Crippen LogP contribution in [0.3, 0.4) is 0 Å². The lowest BCUT2D eigenvalue weighted by Crippen LogP contribution is -2.10. The van der Waals surface area contributed by atoms with Crippen LogP contribution in [0.15, 0.2) is 28.7 Å². The van der Waals surface area contributed by atoms with Gasteiger partial charge in [0, 0.05) is 28.6 Å². The molecule has 2 rings (SSSR count). The molecular formula is C12H15BrN2. The van der Waals surface area contributed by atoms with E-state index in [1.807, 2.05) is 7.05 Å². The predicted octanol–water partition coefficient (Wildman–Crippen LogP) is 3.14. The molecule has 0 aliphatic carbocycles. The number of fused-ring (bicyclic) bond motifs is 1. The molecule has 2 nitrogen and oxygen atoms in total. The number of nitrogens with zero attached hydrogens (tertiary/aromatic N) is 1. The zero-order valence-corrected chi connectivity index (χ0v) is 10.6. The molecule has 0 bridgehead atoms. The minimum atomic E-state index is 0.912. The molecule has 0 unspecified atom stereocenters. The number of benzene rings is 1. The van der Waals surface area contributed by atoms with Crippen LogP contribution in [0, 0.1) is 0 Å². The van der Waals surface area contributed by atoms with Crippen molar-refractivity contribution in [2.75, 3.05) is 7.05 Å². The second kappa shape index (κ2) is 4.37. The van der Waals surface area contributed by atoms with Crippen molar-refractivity contribution >= 4 is 26.8 Å². The summed E-state index contributed by atoms with van der Waals surface area (Å²) in [7, 11) is 1.98. The Balaban J connectivity index is 2.68. The lowest BCUT2D eigenvalue weighted by Gasteiger charge is -2.08. The Hall–Kier alpha value is -0.800. The third-order valence-electron chi connectivity index (χ3n) is 2.63. The van der Waals surface area contributed by atoms with E-state index in [0.29, 0.717) is 0 Å². The molecule has 3 heteroatoms. The van der Waals surface area contributed by atoms with Crippen LogP contribution in [-0.4, -0.2) is 11.6 Å². The zero-order valence-electron chi connectivity index (χ0n) is 9.05. The van der Waals surface area contributed by atoms with Crippen molar-refractivity contribution in [3.8, 4) is 0 Å². The summed E-state index contributed by atoms with van der Waals surface area (Å²) in [5, 5.41) is 4.51. The van der Waals surface area contributed by atoms with E-state index in [0.717, 1.165) is 13.1 Å². The Kier molecular flexibility index (Phi) is 3.12. The smallest absolute Gasteiger partial charge is 0.0627 e. The Morgan fingerprint density at radius 2 is 2.20 bits per heavy atom. The molecule has 0 saturated carbocycles. The standard InChI is InChI=1S/C12H15BrN2/c1-3-15-10(8-14-2)7-9-5-4-6-11(13)12(9)15/h4-7,14H,3,8H2,1-2H3. The molecule has 0 aliphatic heterocycles. The summed E-state index contributed by atoms with van der Waals surface area (Å²) < 4.78 is 3.51. The fourth-order valence-electron chi connectivity index (χ4n) is 2.02. The average molecular weight is 267 g/mol. The minimum absolute atomic E-state index is 0.912. The number of nitrogens with one attached hydrogen (secondary N) is 1. The Morgan fingerprint density at radius 3 is 2.87 bits per heavy atom. The van der Waals surface area contributed by atoms with Crippen molar-refractivity contribution in [3.63, 3.8) is 0 Å². The minimum Gasteiger partial charge on any atom is -0.343 e. The van der Waals surface area contributed by atoms with Gasteiger partial charge in [-0.1, -0.05) is 12.1 Å². The molecule has 0 aliphatic rings. The van der Waals surface area contributed by atoms with E-state index in [1.54, 1.807) is 0 Å². The molecule has 2 aromatic rings. The number of hydrogen-bond donors (Lipinski definition) is 1. The van der Waals surface area contributed by atoms with Crippen LogP contribution in [0.25, 0.3) is 10.9 Å². The molecule has 0 amide bonds. The summed E-state index contributed by atoms with van der Waals surface area (Å²) in [6.45, 7) is 4.09. The number of rotatable bonds is 3. The molecular weight excluding hydrogens is 252 g/mol. The van der Waals surface area contributed by atoms with Gasteiger partial charge in [0.15, 0.2) is 0 Å². The van der Waals surface area contributed by atoms with Gasteiger partial charge in [0.1, 0.15) is 0 Å². The van der Waals surface area contributed by atoms with Crippen LogP contribution in [0.4, 0.5) is 0 Å². The third kappa shape index (κ3) is 1.82. The number of aromatic nitrogens is 1. The highest BCUT2D eigenvalue weighted by molar-refractivity contribution is 9.10. The van der Waals surface area contributed by atoms with Crippen LogP contribution in [0.2, 0.25) is 0 Å². The molecule has 1 N–H and O–H groups in total. The second-order valence-electron chi connectivity index (χ2n) is 3.59. The fourth-order valence-corrected chi connectivity index (χ4v) is 2.62. The first-order valence-corrected chi connectivity index (χ1v) is 5.98. The Morgan fingerprint density at radius 1 is 1.40 bits per heavy atom. The van der Waals surface area contributed by atoms with Crippen LogP contribution < -0.4 is 5.32 Å². The largest absolute Gasteiger partial charge is 0.343 e. The van der Waals surface area contributed by atoms with Gasteiger partial charge in [-0.3, -0.25) is 0 Å². The quantitative estimate of drug-likeness (QED) is 0.904. The molecule has 0 radical (unpaired) electrons. The van der Waals surface area contributed by atoms with E-state index in [2.05, 4.69) is 57.0 Å². The van der Waals surface area contributed by atoms with Gasteiger partial charge in [-0.2, -0.15) is 0 Å². The molecule has 1 aromatic heterocycles. The normalized spacial score (nSPS) is 11.1. The highest BCUT2D eigenvalue weighted by Gasteiger charge is 2.08. The Bertz CT molecular complexity index is 474. The fraction of sp³-hybridized carbons (Fsp3) is 0.333. The van der Waals surface area contributed by atoms with Gasteiger partial charge >= 0.3 is 0 Å². The number of halogens is 1. The average Bonchev–Trinajstić information content (AvgIpc) is 2.57. The van der Waals surface area contributed by atoms with Crippen LogP contribution >= 0.6 is 15.9 Å². The summed E-state index contributed by atoms with van der Waals surface area (Å²) >= 11 is 3.61. The van der Waals surface area contributed by atoms with Gasteiger partial charge in [0.05, 0.1) is 5.52 Å². The van der Waals surface area contributed by atoms with E-state index in [4.69, 9.17) is 0 Å². The summed E-state index contributed by atoms with van der Waals surface area (Å²) in [6.07, 6.45) is 0. The van der Waals surface area contributed by atoms with Crippen molar-refractivity contribution < 1.29 is 0 Å². The van der Waals surface area contributed by atoms with E-state index in [1.165, 1.54) is 21.1 Å². The summed E-state index contributed by atoms with van der Waals surface area (Å²) in [5.41, 5.74) is 2.63. The topological polar surface area (TPSA) is 17.0 Å².